The first kappa shape index (κ1) is 14.8. The summed E-state index contributed by atoms with van der Waals surface area (Å²) in [7, 11) is 0. The van der Waals surface area contributed by atoms with E-state index in [0.29, 0.717) is 0 Å². The zero-order valence-corrected chi connectivity index (χ0v) is 10.1. The highest BCUT2D eigenvalue weighted by molar-refractivity contribution is 6.01. The van der Waals surface area contributed by atoms with Crippen molar-refractivity contribution in [2.45, 2.75) is 0 Å². The summed E-state index contributed by atoms with van der Waals surface area (Å²) >= 11 is 0. The summed E-state index contributed by atoms with van der Waals surface area (Å²) < 4.78 is 70.1. The minimum Gasteiger partial charge on any atom is -0.465 e. The highest BCUT2D eigenvalue weighted by Crippen LogP contribution is 2.27. The van der Waals surface area contributed by atoms with Gasteiger partial charge in [-0.2, -0.15) is 0 Å². The van der Waals surface area contributed by atoms with Gasteiger partial charge in [-0.1, -0.05) is 0 Å². The monoisotopic (exact) mass is 303 g/mol. The number of halogens is 5. The minimum atomic E-state index is -2.30. The first-order chi connectivity index (χ1) is 9.91. The fourth-order valence-corrected chi connectivity index (χ4v) is 1.42. The van der Waals surface area contributed by atoms with Gasteiger partial charge in [0.15, 0.2) is 23.3 Å². The number of hydrogen-bond donors (Lipinski definition) is 1. The Balaban J connectivity index is 2.26. The summed E-state index contributed by atoms with van der Waals surface area (Å²) in [6.45, 7) is 0. The Morgan fingerprint density at radius 1 is 1.00 bits per heavy atom. The van der Waals surface area contributed by atoms with E-state index in [1.165, 1.54) is 18.4 Å². The number of nitrogens with one attached hydrogen (secondary N) is 1. The lowest BCUT2D eigenvalue weighted by molar-refractivity contribution is -0.111. The van der Waals surface area contributed by atoms with Crippen molar-refractivity contribution in [3.8, 4) is 0 Å². The Kier molecular flexibility index (Phi) is 4.06. The quantitative estimate of drug-likeness (QED) is 0.407. The second-order valence-corrected chi connectivity index (χ2v) is 3.78. The van der Waals surface area contributed by atoms with Gasteiger partial charge in [-0.05, 0) is 18.2 Å². The standard InChI is InChI=1S/C13H6F5NO2/c14-8-9(15)11(17)13(12(18)10(8)16)19-7(20)4-3-6-2-1-5-21-6/h1-5H,(H,19,20)/b4-3+. The van der Waals surface area contributed by atoms with Gasteiger partial charge in [0.2, 0.25) is 11.7 Å². The van der Waals surface area contributed by atoms with E-state index in [4.69, 9.17) is 4.42 Å². The lowest BCUT2D eigenvalue weighted by atomic mass is 10.2. The molecule has 0 bridgehead atoms. The third-order valence-corrected chi connectivity index (χ3v) is 2.40. The fourth-order valence-electron chi connectivity index (χ4n) is 1.42. The number of carbonyl (C=O) groups is 1. The van der Waals surface area contributed by atoms with Gasteiger partial charge >= 0.3 is 0 Å². The normalized spacial score (nSPS) is 11.1. The fraction of sp³-hybridized carbons (Fsp3) is 0. The van der Waals surface area contributed by atoms with Crippen LogP contribution in [0.1, 0.15) is 5.76 Å². The zero-order chi connectivity index (χ0) is 15.6. The van der Waals surface area contributed by atoms with Crippen LogP contribution in [0.15, 0.2) is 28.9 Å². The molecule has 3 nitrogen and oxygen atoms in total. The highest BCUT2D eigenvalue weighted by atomic mass is 19.2. The van der Waals surface area contributed by atoms with Crippen LogP contribution in [0.3, 0.4) is 0 Å². The number of carbonyl (C=O) groups excluding carboxylic acids is 1. The Morgan fingerprint density at radius 2 is 1.57 bits per heavy atom. The molecule has 1 amide bonds. The second-order valence-electron chi connectivity index (χ2n) is 3.78. The average Bonchev–Trinajstić information content (AvgIpc) is 2.99. The maximum absolute atomic E-state index is 13.3. The topological polar surface area (TPSA) is 42.2 Å². The number of furan rings is 1. The van der Waals surface area contributed by atoms with Crippen LogP contribution >= 0.6 is 0 Å². The molecular weight excluding hydrogens is 297 g/mol. The van der Waals surface area contributed by atoms with Crippen LogP contribution in [-0.2, 0) is 4.79 Å². The van der Waals surface area contributed by atoms with Gasteiger partial charge in [0.25, 0.3) is 0 Å². The van der Waals surface area contributed by atoms with Gasteiger partial charge in [0, 0.05) is 6.08 Å². The van der Waals surface area contributed by atoms with Crippen molar-refractivity contribution in [1.29, 1.82) is 0 Å². The van der Waals surface area contributed by atoms with Gasteiger partial charge in [-0.15, -0.1) is 0 Å². The minimum absolute atomic E-state index is 0.266. The van der Waals surface area contributed by atoms with Crippen molar-refractivity contribution in [1.82, 2.24) is 0 Å². The SMILES string of the molecule is O=C(/C=C/c1ccco1)Nc1c(F)c(F)c(F)c(F)c1F. The van der Waals surface area contributed by atoms with Crippen LogP contribution in [0, 0.1) is 29.1 Å². The van der Waals surface area contributed by atoms with Gasteiger partial charge in [-0.25, -0.2) is 22.0 Å². The molecule has 0 aliphatic heterocycles. The van der Waals surface area contributed by atoms with Gasteiger partial charge < -0.3 is 9.73 Å². The smallest absolute Gasteiger partial charge is 0.248 e. The predicted octanol–water partition coefficient (Wildman–Crippen LogP) is 3.63. The van der Waals surface area contributed by atoms with E-state index < -0.39 is 40.7 Å². The number of anilines is 1. The van der Waals surface area contributed by atoms with E-state index in [-0.39, 0.29) is 5.76 Å². The first-order valence-corrected chi connectivity index (χ1v) is 5.45. The molecule has 0 saturated heterocycles. The summed E-state index contributed by atoms with van der Waals surface area (Å²) in [6, 6.07) is 3.02. The molecule has 2 aromatic rings. The summed E-state index contributed by atoms with van der Waals surface area (Å²) in [5, 5.41) is 1.59. The molecule has 1 N–H and O–H groups in total. The Hall–Kier alpha value is -2.64. The molecule has 2 rings (SSSR count). The molecule has 0 saturated carbocycles. The van der Waals surface area contributed by atoms with E-state index in [1.807, 2.05) is 0 Å². The number of rotatable bonds is 3. The van der Waals surface area contributed by atoms with Crippen molar-refractivity contribution in [2.75, 3.05) is 5.32 Å². The van der Waals surface area contributed by atoms with Gasteiger partial charge in [-0.3, -0.25) is 4.79 Å². The molecule has 0 atom stereocenters. The summed E-state index contributed by atoms with van der Waals surface area (Å²) in [6.07, 6.45) is 3.29. The summed E-state index contributed by atoms with van der Waals surface area (Å²) in [5.74, 6) is -11.6. The third kappa shape index (κ3) is 2.93. The molecule has 0 spiro atoms. The van der Waals surface area contributed by atoms with Crippen molar-refractivity contribution in [3.05, 3.63) is 59.3 Å². The van der Waals surface area contributed by atoms with E-state index in [9.17, 15) is 26.7 Å². The molecule has 0 unspecified atom stereocenters. The van der Waals surface area contributed by atoms with Crippen molar-refractivity contribution in [3.63, 3.8) is 0 Å². The molecule has 0 fully saturated rings. The van der Waals surface area contributed by atoms with Crippen LogP contribution in [0.4, 0.5) is 27.6 Å². The predicted molar refractivity (Wildman–Crippen MR) is 62.6 cm³/mol. The van der Waals surface area contributed by atoms with Crippen molar-refractivity contribution < 1.29 is 31.2 Å². The second kappa shape index (κ2) is 5.78. The van der Waals surface area contributed by atoms with E-state index in [0.717, 1.165) is 12.2 Å². The first-order valence-electron chi connectivity index (χ1n) is 5.45. The van der Waals surface area contributed by atoms with Crippen molar-refractivity contribution >= 4 is 17.7 Å². The molecule has 0 aliphatic carbocycles. The number of hydrogen-bond acceptors (Lipinski definition) is 2. The molecule has 0 aliphatic rings. The maximum Gasteiger partial charge on any atom is 0.248 e. The third-order valence-electron chi connectivity index (χ3n) is 2.40. The molecule has 0 radical (unpaired) electrons. The molecule has 1 aromatic carbocycles. The zero-order valence-electron chi connectivity index (χ0n) is 10.1. The molecule has 110 valence electrons. The summed E-state index contributed by atoms with van der Waals surface area (Å²) in [4.78, 5) is 11.4. The molecule has 1 heterocycles. The van der Waals surface area contributed by atoms with E-state index >= 15 is 0 Å². The summed E-state index contributed by atoms with van der Waals surface area (Å²) in [5.41, 5.74) is -1.42. The van der Waals surface area contributed by atoms with Gasteiger partial charge in [0.1, 0.15) is 11.4 Å². The van der Waals surface area contributed by atoms with Crippen LogP contribution in [-0.4, -0.2) is 5.91 Å². The van der Waals surface area contributed by atoms with Gasteiger partial charge in [0.05, 0.1) is 6.26 Å². The van der Waals surface area contributed by atoms with E-state index in [1.54, 1.807) is 5.32 Å². The van der Waals surface area contributed by atoms with Crippen LogP contribution in [0.5, 0.6) is 0 Å². The lowest BCUT2D eigenvalue weighted by Crippen LogP contribution is -2.14. The Bertz CT molecular complexity index is 681. The Labute approximate surface area is 114 Å². The average molecular weight is 303 g/mol. The number of amides is 1. The van der Waals surface area contributed by atoms with E-state index in [2.05, 4.69) is 0 Å². The van der Waals surface area contributed by atoms with Crippen molar-refractivity contribution in [2.24, 2.45) is 0 Å². The number of benzene rings is 1. The molecule has 8 heteroatoms. The molecular formula is C13H6F5NO2. The molecule has 21 heavy (non-hydrogen) atoms. The van der Waals surface area contributed by atoms with Crippen LogP contribution in [0.25, 0.3) is 6.08 Å². The highest BCUT2D eigenvalue weighted by Gasteiger charge is 2.26. The maximum atomic E-state index is 13.3. The Morgan fingerprint density at radius 3 is 2.10 bits per heavy atom. The lowest BCUT2D eigenvalue weighted by Gasteiger charge is -2.08. The van der Waals surface area contributed by atoms with Crippen LogP contribution < -0.4 is 5.32 Å². The van der Waals surface area contributed by atoms with Crippen LogP contribution in [0.2, 0.25) is 0 Å². The molecule has 1 aromatic heterocycles. The largest absolute Gasteiger partial charge is 0.465 e.